The van der Waals surface area contributed by atoms with Crippen molar-refractivity contribution in [3.8, 4) is 0 Å². The van der Waals surface area contributed by atoms with Crippen LogP contribution in [0.5, 0.6) is 0 Å². The van der Waals surface area contributed by atoms with Gasteiger partial charge in [0.25, 0.3) is 0 Å². The van der Waals surface area contributed by atoms with Crippen LogP contribution >= 0.6 is 0 Å². The summed E-state index contributed by atoms with van der Waals surface area (Å²) in [5, 5.41) is 9.43. The molecule has 3 nitrogen and oxygen atoms in total. The van der Waals surface area contributed by atoms with Crippen LogP contribution in [0.2, 0.25) is 0 Å². The van der Waals surface area contributed by atoms with E-state index in [4.69, 9.17) is 4.74 Å². The van der Waals surface area contributed by atoms with Crippen molar-refractivity contribution in [1.82, 2.24) is 0 Å². The zero-order chi connectivity index (χ0) is 12.7. The molecule has 0 aliphatic heterocycles. The number of aliphatic hydroxyl groups is 1. The zero-order valence-corrected chi connectivity index (χ0v) is 10.8. The molecule has 0 spiro atoms. The molecule has 3 rings (SSSR count). The number of fused-ring (bicyclic) bond motifs is 5. The van der Waals surface area contributed by atoms with E-state index in [1.54, 1.807) is 0 Å². The number of carbonyl (C=O) groups is 1. The molecule has 0 aromatic rings. The SMILES string of the molecule is C=CC(=O)OCC1CC2CC1C1CCC(CO)C21. The second kappa shape index (κ2) is 4.69. The van der Waals surface area contributed by atoms with Gasteiger partial charge in [-0.25, -0.2) is 4.79 Å². The van der Waals surface area contributed by atoms with Crippen LogP contribution in [0.1, 0.15) is 25.7 Å². The molecule has 6 unspecified atom stereocenters. The standard InChI is InChI=1S/C15H22O3/c1-2-14(17)18-8-11-5-10-6-13(11)12-4-3-9(7-16)15(10)12/h2,9-13,15-16H,1,3-8H2. The minimum absolute atomic E-state index is 0.297. The van der Waals surface area contributed by atoms with Crippen LogP contribution in [0.25, 0.3) is 0 Å². The molecular weight excluding hydrogens is 228 g/mol. The fourth-order valence-corrected chi connectivity index (χ4v) is 5.07. The normalized spacial score (nSPS) is 44.9. The van der Waals surface area contributed by atoms with Crippen molar-refractivity contribution >= 4 is 5.97 Å². The Balaban J connectivity index is 1.61. The van der Waals surface area contributed by atoms with E-state index < -0.39 is 0 Å². The van der Waals surface area contributed by atoms with Crippen molar-refractivity contribution in [2.75, 3.05) is 13.2 Å². The molecular formula is C15H22O3. The Hall–Kier alpha value is -0.830. The maximum atomic E-state index is 11.1. The van der Waals surface area contributed by atoms with E-state index >= 15 is 0 Å². The quantitative estimate of drug-likeness (QED) is 0.613. The summed E-state index contributed by atoms with van der Waals surface area (Å²) < 4.78 is 5.22. The van der Waals surface area contributed by atoms with Crippen molar-refractivity contribution in [1.29, 1.82) is 0 Å². The van der Waals surface area contributed by atoms with Gasteiger partial charge < -0.3 is 9.84 Å². The van der Waals surface area contributed by atoms with Gasteiger partial charge in [0.15, 0.2) is 0 Å². The van der Waals surface area contributed by atoms with E-state index in [1.165, 1.54) is 31.8 Å². The number of hydrogen-bond donors (Lipinski definition) is 1. The van der Waals surface area contributed by atoms with Crippen molar-refractivity contribution in [2.45, 2.75) is 25.7 Å². The smallest absolute Gasteiger partial charge is 0.330 e. The average molecular weight is 250 g/mol. The summed E-state index contributed by atoms with van der Waals surface area (Å²) in [6.07, 6.45) is 6.18. The highest BCUT2D eigenvalue weighted by Gasteiger charge is 2.56. The molecule has 3 aliphatic rings. The zero-order valence-electron chi connectivity index (χ0n) is 10.8. The van der Waals surface area contributed by atoms with Crippen molar-refractivity contribution in [2.24, 2.45) is 35.5 Å². The highest BCUT2D eigenvalue weighted by molar-refractivity contribution is 5.81. The second-order valence-electron chi connectivity index (χ2n) is 6.25. The summed E-state index contributed by atoms with van der Waals surface area (Å²) in [5.74, 6) is 3.84. The molecule has 0 amide bonds. The monoisotopic (exact) mass is 250 g/mol. The Morgan fingerprint density at radius 3 is 2.83 bits per heavy atom. The lowest BCUT2D eigenvalue weighted by Gasteiger charge is -2.33. The lowest BCUT2D eigenvalue weighted by Crippen LogP contribution is -2.31. The Morgan fingerprint density at radius 1 is 1.28 bits per heavy atom. The molecule has 18 heavy (non-hydrogen) atoms. The van der Waals surface area contributed by atoms with Crippen LogP contribution in [0.4, 0.5) is 0 Å². The van der Waals surface area contributed by atoms with Crippen LogP contribution < -0.4 is 0 Å². The van der Waals surface area contributed by atoms with Gasteiger partial charge in [-0.1, -0.05) is 6.58 Å². The number of carbonyl (C=O) groups excluding carboxylic acids is 1. The van der Waals surface area contributed by atoms with Gasteiger partial charge in [-0.3, -0.25) is 0 Å². The van der Waals surface area contributed by atoms with Crippen LogP contribution in [0.15, 0.2) is 12.7 Å². The Morgan fingerprint density at radius 2 is 2.11 bits per heavy atom. The largest absolute Gasteiger partial charge is 0.462 e. The highest BCUT2D eigenvalue weighted by atomic mass is 16.5. The fourth-order valence-electron chi connectivity index (χ4n) is 5.07. The van der Waals surface area contributed by atoms with E-state index in [0.717, 1.165) is 23.7 Å². The third-order valence-corrected chi connectivity index (χ3v) is 5.63. The predicted octanol–water partition coefficient (Wildman–Crippen LogP) is 2.01. The van der Waals surface area contributed by atoms with Gasteiger partial charge in [0.2, 0.25) is 0 Å². The van der Waals surface area contributed by atoms with Crippen molar-refractivity contribution in [3.63, 3.8) is 0 Å². The molecule has 100 valence electrons. The minimum atomic E-state index is -0.297. The summed E-state index contributed by atoms with van der Waals surface area (Å²) >= 11 is 0. The van der Waals surface area contributed by atoms with Gasteiger partial charge in [0, 0.05) is 12.7 Å². The third-order valence-electron chi connectivity index (χ3n) is 5.63. The summed E-state index contributed by atoms with van der Waals surface area (Å²) in [5.41, 5.74) is 0. The summed E-state index contributed by atoms with van der Waals surface area (Å²) in [6, 6.07) is 0. The van der Waals surface area contributed by atoms with E-state index in [0.29, 0.717) is 25.0 Å². The van der Waals surface area contributed by atoms with E-state index in [9.17, 15) is 9.90 Å². The van der Waals surface area contributed by atoms with Crippen LogP contribution in [0, 0.1) is 35.5 Å². The molecule has 2 bridgehead atoms. The first-order valence-electron chi connectivity index (χ1n) is 7.14. The lowest BCUT2D eigenvalue weighted by atomic mass is 9.74. The molecule has 0 saturated heterocycles. The van der Waals surface area contributed by atoms with Crippen molar-refractivity contribution in [3.05, 3.63) is 12.7 Å². The Kier molecular flexibility index (Phi) is 3.18. The lowest BCUT2D eigenvalue weighted by molar-refractivity contribution is -0.140. The van der Waals surface area contributed by atoms with Crippen LogP contribution in [-0.4, -0.2) is 24.3 Å². The summed E-state index contributed by atoms with van der Waals surface area (Å²) in [4.78, 5) is 11.1. The Labute approximate surface area is 108 Å². The average Bonchev–Trinajstić information content (AvgIpc) is 3.05. The van der Waals surface area contributed by atoms with Gasteiger partial charge in [0.1, 0.15) is 0 Å². The number of rotatable bonds is 4. The molecule has 0 heterocycles. The molecule has 0 radical (unpaired) electrons. The molecule has 0 aromatic heterocycles. The molecule has 3 heteroatoms. The maximum absolute atomic E-state index is 11.1. The topological polar surface area (TPSA) is 46.5 Å². The number of aliphatic hydroxyl groups excluding tert-OH is 1. The first kappa shape index (κ1) is 12.2. The molecule has 1 N–H and O–H groups in total. The first-order valence-corrected chi connectivity index (χ1v) is 7.14. The molecule has 6 atom stereocenters. The van der Waals surface area contributed by atoms with Gasteiger partial charge >= 0.3 is 5.97 Å². The van der Waals surface area contributed by atoms with Crippen LogP contribution in [-0.2, 0) is 9.53 Å². The maximum Gasteiger partial charge on any atom is 0.330 e. The third kappa shape index (κ3) is 1.80. The molecule has 0 aromatic carbocycles. The van der Waals surface area contributed by atoms with E-state index in [-0.39, 0.29) is 5.97 Å². The van der Waals surface area contributed by atoms with Crippen molar-refractivity contribution < 1.29 is 14.6 Å². The Bertz CT molecular complexity index is 352. The number of ether oxygens (including phenoxy) is 1. The molecule has 3 aliphatic carbocycles. The molecule has 3 saturated carbocycles. The number of hydrogen-bond acceptors (Lipinski definition) is 3. The van der Waals surface area contributed by atoms with Crippen LogP contribution in [0.3, 0.4) is 0 Å². The predicted molar refractivity (Wildman–Crippen MR) is 67.6 cm³/mol. The second-order valence-corrected chi connectivity index (χ2v) is 6.25. The molecule has 3 fully saturated rings. The fraction of sp³-hybridized carbons (Fsp3) is 0.800. The van der Waals surface area contributed by atoms with E-state index in [2.05, 4.69) is 6.58 Å². The van der Waals surface area contributed by atoms with Gasteiger partial charge in [0.05, 0.1) is 6.61 Å². The minimum Gasteiger partial charge on any atom is -0.462 e. The van der Waals surface area contributed by atoms with Gasteiger partial charge in [-0.15, -0.1) is 0 Å². The van der Waals surface area contributed by atoms with Gasteiger partial charge in [-0.05, 0) is 61.2 Å². The number of esters is 1. The van der Waals surface area contributed by atoms with E-state index in [1.807, 2.05) is 0 Å². The summed E-state index contributed by atoms with van der Waals surface area (Å²) in [7, 11) is 0. The summed E-state index contributed by atoms with van der Waals surface area (Å²) in [6.45, 7) is 4.36. The van der Waals surface area contributed by atoms with Gasteiger partial charge in [-0.2, -0.15) is 0 Å². The highest BCUT2D eigenvalue weighted by Crippen LogP contribution is 2.62. The first-order chi connectivity index (χ1) is 8.74.